The molecule has 1 aromatic carbocycles. The van der Waals surface area contributed by atoms with Gasteiger partial charge in [-0.25, -0.2) is 0 Å². The van der Waals surface area contributed by atoms with E-state index in [0.717, 1.165) is 44.5 Å². The highest BCUT2D eigenvalue weighted by Crippen LogP contribution is 2.17. The van der Waals surface area contributed by atoms with Crippen molar-refractivity contribution in [2.24, 2.45) is 0 Å². The van der Waals surface area contributed by atoms with Gasteiger partial charge in [0.25, 0.3) is 0 Å². The maximum atomic E-state index is 10.6. The molecular formula is C16H17NO2. The molecule has 0 bridgehead atoms. The molecule has 1 aliphatic rings. The zero-order valence-electron chi connectivity index (χ0n) is 10.8. The molecular weight excluding hydrogens is 238 g/mol. The molecule has 3 nitrogen and oxygen atoms in total. The van der Waals surface area contributed by atoms with Gasteiger partial charge in [0.15, 0.2) is 12.0 Å². The summed E-state index contributed by atoms with van der Waals surface area (Å²) in [6.07, 6.45) is 2.91. The van der Waals surface area contributed by atoms with E-state index in [2.05, 4.69) is 29.2 Å². The third kappa shape index (κ3) is 2.76. The number of furan rings is 1. The molecule has 98 valence electrons. The molecule has 19 heavy (non-hydrogen) atoms. The van der Waals surface area contributed by atoms with Crippen LogP contribution in [0.5, 0.6) is 0 Å². The summed E-state index contributed by atoms with van der Waals surface area (Å²) < 4.78 is 5.44. The molecule has 0 atom stereocenters. The lowest BCUT2D eigenvalue weighted by Gasteiger charge is -2.17. The first-order chi connectivity index (χ1) is 9.35. The van der Waals surface area contributed by atoms with E-state index in [-0.39, 0.29) is 0 Å². The third-order valence-corrected chi connectivity index (χ3v) is 3.69. The Kier molecular flexibility index (Phi) is 3.47. The van der Waals surface area contributed by atoms with Crippen molar-refractivity contribution in [3.05, 3.63) is 59.0 Å². The van der Waals surface area contributed by atoms with Crippen LogP contribution in [0.1, 0.15) is 27.4 Å². The molecule has 0 spiro atoms. The van der Waals surface area contributed by atoms with E-state index in [9.17, 15) is 4.79 Å². The second-order valence-corrected chi connectivity index (χ2v) is 4.97. The van der Waals surface area contributed by atoms with E-state index < -0.39 is 0 Å². The lowest BCUT2D eigenvalue weighted by molar-refractivity contribution is 0.109. The topological polar surface area (TPSA) is 33.5 Å². The minimum Gasteiger partial charge on any atom is -0.457 e. The van der Waals surface area contributed by atoms with Crippen molar-refractivity contribution in [1.82, 2.24) is 4.90 Å². The van der Waals surface area contributed by atoms with E-state index in [1.807, 2.05) is 6.07 Å². The number of hydrogen-bond acceptors (Lipinski definition) is 3. The molecule has 0 N–H and O–H groups in total. The molecule has 0 aliphatic carbocycles. The predicted molar refractivity (Wildman–Crippen MR) is 73.2 cm³/mol. The van der Waals surface area contributed by atoms with Gasteiger partial charge in [0.2, 0.25) is 0 Å². The lowest BCUT2D eigenvalue weighted by Crippen LogP contribution is -2.25. The van der Waals surface area contributed by atoms with Crippen LogP contribution in [-0.4, -0.2) is 24.3 Å². The summed E-state index contributed by atoms with van der Waals surface area (Å²) >= 11 is 0. The van der Waals surface area contributed by atoms with Crippen LogP contribution in [0.15, 0.2) is 40.8 Å². The van der Waals surface area contributed by atoms with Crippen LogP contribution in [0.4, 0.5) is 0 Å². The Hall–Kier alpha value is -1.87. The van der Waals surface area contributed by atoms with Crippen molar-refractivity contribution >= 4 is 6.29 Å². The van der Waals surface area contributed by atoms with Crippen LogP contribution in [0.25, 0.3) is 0 Å². The fourth-order valence-electron chi connectivity index (χ4n) is 2.64. The molecule has 3 rings (SSSR count). The first-order valence-corrected chi connectivity index (χ1v) is 6.68. The molecule has 0 unspecified atom stereocenters. The molecule has 0 fully saturated rings. The van der Waals surface area contributed by atoms with Crippen molar-refractivity contribution < 1.29 is 9.21 Å². The van der Waals surface area contributed by atoms with E-state index in [1.165, 1.54) is 11.1 Å². The van der Waals surface area contributed by atoms with Crippen LogP contribution in [0.3, 0.4) is 0 Å². The Balaban J connectivity index is 1.67. The second-order valence-electron chi connectivity index (χ2n) is 4.97. The quantitative estimate of drug-likeness (QED) is 0.791. The normalized spacial score (nSPS) is 15.8. The van der Waals surface area contributed by atoms with Gasteiger partial charge in [0.1, 0.15) is 5.76 Å². The van der Waals surface area contributed by atoms with Gasteiger partial charge in [-0.3, -0.25) is 9.69 Å². The highest BCUT2D eigenvalue weighted by Gasteiger charge is 2.14. The summed E-state index contributed by atoms with van der Waals surface area (Å²) in [5.41, 5.74) is 2.91. The standard InChI is InChI=1S/C16H17NO2/c18-12-16-6-5-15(19-16)11-17-9-7-13-3-1-2-4-14(13)8-10-17/h1-6,12H,7-11H2. The highest BCUT2D eigenvalue weighted by atomic mass is 16.3. The van der Waals surface area contributed by atoms with Gasteiger partial charge in [-0.1, -0.05) is 24.3 Å². The fraction of sp³-hybridized carbons (Fsp3) is 0.312. The van der Waals surface area contributed by atoms with E-state index in [0.29, 0.717) is 5.76 Å². The van der Waals surface area contributed by atoms with Crippen molar-refractivity contribution in [3.8, 4) is 0 Å². The van der Waals surface area contributed by atoms with E-state index in [1.54, 1.807) is 6.07 Å². The monoisotopic (exact) mass is 255 g/mol. The largest absolute Gasteiger partial charge is 0.457 e. The van der Waals surface area contributed by atoms with Gasteiger partial charge in [0.05, 0.1) is 6.54 Å². The number of benzene rings is 1. The number of fused-ring (bicyclic) bond motifs is 1. The zero-order chi connectivity index (χ0) is 13.1. The van der Waals surface area contributed by atoms with Crippen molar-refractivity contribution in [2.45, 2.75) is 19.4 Å². The summed E-state index contributed by atoms with van der Waals surface area (Å²) in [6.45, 7) is 2.85. The van der Waals surface area contributed by atoms with Crippen molar-refractivity contribution in [1.29, 1.82) is 0 Å². The Morgan fingerprint density at radius 1 is 1.05 bits per heavy atom. The predicted octanol–water partition coefficient (Wildman–Crippen LogP) is 2.69. The number of hydrogen-bond donors (Lipinski definition) is 0. The van der Waals surface area contributed by atoms with E-state index >= 15 is 0 Å². The first kappa shape index (κ1) is 12.2. The number of carbonyl (C=O) groups is 1. The van der Waals surface area contributed by atoms with Crippen molar-refractivity contribution in [2.75, 3.05) is 13.1 Å². The summed E-state index contributed by atoms with van der Waals surface area (Å²) in [7, 11) is 0. The fourth-order valence-corrected chi connectivity index (χ4v) is 2.64. The average molecular weight is 255 g/mol. The number of carbonyl (C=O) groups excluding carboxylic acids is 1. The molecule has 2 heterocycles. The zero-order valence-corrected chi connectivity index (χ0v) is 10.8. The molecule has 2 aromatic rings. The van der Waals surface area contributed by atoms with Gasteiger partial charge < -0.3 is 4.42 Å². The Morgan fingerprint density at radius 3 is 2.32 bits per heavy atom. The van der Waals surface area contributed by atoms with Gasteiger partial charge in [-0.05, 0) is 36.1 Å². The first-order valence-electron chi connectivity index (χ1n) is 6.68. The average Bonchev–Trinajstić information content (AvgIpc) is 2.80. The maximum Gasteiger partial charge on any atom is 0.185 e. The number of rotatable bonds is 3. The SMILES string of the molecule is O=Cc1ccc(CN2CCc3ccccc3CC2)o1. The molecule has 0 saturated heterocycles. The van der Waals surface area contributed by atoms with Crippen LogP contribution in [0, 0.1) is 0 Å². The lowest BCUT2D eigenvalue weighted by atomic mass is 10.0. The summed E-state index contributed by atoms with van der Waals surface area (Å²) in [5.74, 6) is 1.28. The Morgan fingerprint density at radius 2 is 1.74 bits per heavy atom. The number of aldehydes is 1. The maximum absolute atomic E-state index is 10.6. The minimum atomic E-state index is 0.410. The van der Waals surface area contributed by atoms with E-state index in [4.69, 9.17) is 4.42 Å². The summed E-state index contributed by atoms with van der Waals surface area (Å²) in [4.78, 5) is 13.0. The smallest absolute Gasteiger partial charge is 0.185 e. The van der Waals surface area contributed by atoms with Crippen molar-refractivity contribution in [3.63, 3.8) is 0 Å². The van der Waals surface area contributed by atoms with Crippen LogP contribution < -0.4 is 0 Å². The van der Waals surface area contributed by atoms with Crippen LogP contribution in [-0.2, 0) is 19.4 Å². The Labute approximate surface area is 112 Å². The highest BCUT2D eigenvalue weighted by molar-refractivity contribution is 5.70. The van der Waals surface area contributed by atoms with Crippen LogP contribution >= 0.6 is 0 Å². The number of nitrogens with zero attached hydrogens (tertiary/aromatic N) is 1. The van der Waals surface area contributed by atoms with Gasteiger partial charge >= 0.3 is 0 Å². The van der Waals surface area contributed by atoms with Gasteiger partial charge in [-0.15, -0.1) is 0 Å². The van der Waals surface area contributed by atoms with Gasteiger partial charge in [0, 0.05) is 13.1 Å². The summed E-state index contributed by atoms with van der Waals surface area (Å²) in [6, 6.07) is 12.3. The second kappa shape index (κ2) is 5.41. The molecule has 3 heteroatoms. The summed E-state index contributed by atoms with van der Waals surface area (Å²) in [5, 5.41) is 0. The third-order valence-electron chi connectivity index (χ3n) is 3.69. The molecule has 1 aromatic heterocycles. The molecule has 0 amide bonds. The molecule has 1 aliphatic heterocycles. The van der Waals surface area contributed by atoms with Crippen LogP contribution in [0.2, 0.25) is 0 Å². The molecule has 0 radical (unpaired) electrons. The Bertz CT molecular complexity index is 547. The minimum absolute atomic E-state index is 0.410. The molecule has 0 saturated carbocycles. The van der Waals surface area contributed by atoms with Gasteiger partial charge in [-0.2, -0.15) is 0 Å².